The number of aromatic nitrogens is 4. The molecule has 2 aliphatic heterocycles. The summed E-state index contributed by atoms with van der Waals surface area (Å²) in [6.45, 7) is 0. The zero-order chi connectivity index (χ0) is 22.2. The monoisotopic (exact) mass is 436 g/mol. The van der Waals surface area contributed by atoms with Crippen LogP contribution in [0.25, 0.3) is 22.4 Å². The molecule has 5 rings (SSSR count). The highest BCUT2D eigenvalue weighted by Gasteiger charge is 2.43. The van der Waals surface area contributed by atoms with Crippen molar-refractivity contribution in [2.75, 3.05) is 19.1 Å². The first-order valence-corrected chi connectivity index (χ1v) is 10.7. The molecule has 2 N–H and O–H groups in total. The molecule has 9 heteroatoms. The Balaban J connectivity index is 1.35. The first-order valence-electron chi connectivity index (χ1n) is 10.7. The van der Waals surface area contributed by atoms with Gasteiger partial charge >= 0.3 is 0 Å². The van der Waals surface area contributed by atoms with Crippen LogP contribution in [0.15, 0.2) is 42.9 Å². The molecule has 2 unspecified atom stereocenters. The second-order valence-corrected chi connectivity index (χ2v) is 8.38. The SMILES string of the molecule is COc1cc(-c2ccc(-c3cnc(N(C)[C@H]4CC5CCC(N5)[C@H]4F)cn3)c(O)c2)cnn1. The lowest BCUT2D eigenvalue weighted by Gasteiger charge is -2.38. The van der Waals surface area contributed by atoms with Crippen LogP contribution in [0, 0.1) is 0 Å². The maximum atomic E-state index is 14.9. The van der Waals surface area contributed by atoms with Crippen LogP contribution in [0.3, 0.4) is 0 Å². The molecule has 2 aromatic heterocycles. The summed E-state index contributed by atoms with van der Waals surface area (Å²) in [7, 11) is 3.40. The number of phenols is 1. The zero-order valence-corrected chi connectivity index (χ0v) is 17.9. The Morgan fingerprint density at radius 2 is 2.00 bits per heavy atom. The highest BCUT2D eigenvalue weighted by molar-refractivity contribution is 5.74. The van der Waals surface area contributed by atoms with Crippen LogP contribution in [0.2, 0.25) is 0 Å². The predicted molar refractivity (Wildman–Crippen MR) is 118 cm³/mol. The number of phenolic OH excluding ortho intramolecular Hbond substituents is 1. The Hall–Kier alpha value is -3.33. The molecule has 2 aliphatic rings. The summed E-state index contributed by atoms with van der Waals surface area (Å²) in [5.41, 5.74) is 2.66. The maximum absolute atomic E-state index is 14.9. The molecule has 2 saturated heterocycles. The number of nitrogens with zero attached hydrogens (tertiary/aromatic N) is 5. The Kier molecular flexibility index (Phi) is 5.34. The molecule has 166 valence electrons. The van der Waals surface area contributed by atoms with Crippen molar-refractivity contribution in [2.45, 2.75) is 43.6 Å². The normalized spacial score (nSPS) is 24.3. The molecular formula is C23H25FN6O2. The van der Waals surface area contributed by atoms with E-state index in [1.807, 2.05) is 18.0 Å². The van der Waals surface area contributed by atoms with Crippen molar-refractivity contribution in [2.24, 2.45) is 0 Å². The highest BCUT2D eigenvalue weighted by atomic mass is 19.1. The highest BCUT2D eigenvalue weighted by Crippen LogP contribution is 2.35. The van der Waals surface area contributed by atoms with E-state index < -0.39 is 6.17 Å². The van der Waals surface area contributed by atoms with E-state index in [4.69, 9.17) is 4.74 Å². The number of benzene rings is 1. The molecule has 1 aromatic carbocycles. The minimum Gasteiger partial charge on any atom is -0.507 e. The number of methoxy groups -OCH3 is 1. The number of fused-ring (bicyclic) bond motifs is 2. The Labute approximate surface area is 185 Å². The molecule has 2 bridgehead atoms. The van der Waals surface area contributed by atoms with Crippen LogP contribution < -0.4 is 15.0 Å². The summed E-state index contributed by atoms with van der Waals surface area (Å²) in [6.07, 6.45) is 6.59. The van der Waals surface area contributed by atoms with Gasteiger partial charge in [0.2, 0.25) is 5.88 Å². The molecule has 4 atom stereocenters. The number of ether oxygens (including phenoxy) is 1. The van der Waals surface area contributed by atoms with Crippen LogP contribution in [-0.2, 0) is 0 Å². The molecule has 0 spiro atoms. The summed E-state index contributed by atoms with van der Waals surface area (Å²) < 4.78 is 20.0. The second kappa shape index (κ2) is 8.31. The van der Waals surface area contributed by atoms with Gasteiger partial charge in [-0.3, -0.25) is 4.98 Å². The number of halogens is 1. The van der Waals surface area contributed by atoms with Crippen LogP contribution >= 0.6 is 0 Å². The van der Waals surface area contributed by atoms with Crippen molar-refractivity contribution in [3.63, 3.8) is 0 Å². The van der Waals surface area contributed by atoms with Crippen LogP contribution in [0.4, 0.5) is 10.2 Å². The minimum absolute atomic E-state index is 0.0699. The Morgan fingerprint density at radius 3 is 2.75 bits per heavy atom. The van der Waals surface area contributed by atoms with Crippen molar-refractivity contribution in [1.29, 1.82) is 0 Å². The predicted octanol–water partition coefficient (Wildman–Crippen LogP) is 2.98. The molecule has 8 nitrogen and oxygen atoms in total. The van der Waals surface area contributed by atoms with Gasteiger partial charge in [-0.05, 0) is 37.0 Å². The fourth-order valence-corrected chi connectivity index (χ4v) is 4.69. The van der Waals surface area contributed by atoms with Gasteiger partial charge in [-0.2, -0.15) is 5.10 Å². The second-order valence-electron chi connectivity index (χ2n) is 8.38. The lowest BCUT2D eigenvalue weighted by atomic mass is 9.96. The summed E-state index contributed by atoms with van der Waals surface area (Å²) in [6, 6.07) is 7.13. The van der Waals surface area contributed by atoms with E-state index in [0.717, 1.165) is 30.4 Å². The van der Waals surface area contributed by atoms with E-state index in [1.54, 1.807) is 36.8 Å². The standard InChI is InChI=1S/C23H25FN6O2/c1-30(19-9-15-4-6-17(28-15)23(19)24)21-12-25-18(11-26-21)16-5-3-13(7-20(16)31)14-8-22(32-2)29-27-10-14/h3,5,7-8,10-12,15,17,19,23,28,31H,4,6,9H2,1-2H3/t15?,17?,19-,23+/m0/s1. The van der Waals surface area contributed by atoms with E-state index >= 15 is 0 Å². The summed E-state index contributed by atoms with van der Waals surface area (Å²) >= 11 is 0. The van der Waals surface area contributed by atoms with Crippen LogP contribution in [-0.4, -0.2) is 63.7 Å². The van der Waals surface area contributed by atoms with E-state index in [-0.39, 0.29) is 17.8 Å². The third-order valence-electron chi connectivity index (χ3n) is 6.50. The number of hydrogen-bond donors (Lipinski definition) is 2. The number of anilines is 1. The van der Waals surface area contributed by atoms with Crippen molar-refractivity contribution in [3.05, 3.63) is 42.9 Å². The molecule has 3 aromatic rings. The van der Waals surface area contributed by atoms with E-state index in [1.165, 1.54) is 7.11 Å². The summed E-state index contributed by atoms with van der Waals surface area (Å²) in [5, 5.41) is 21.7. The van der Waals surface area contributed by atoms with Gasteiger partial charge in [-0.1, -0.05) is 6.07 Å². The lowest BCUT2D eigenvalue weighted by molar-refractivity contribution is 0.176. The van der Waals surface area contributed by atoms with Gasteiger partial charge < -0.3 is 20.1 Å². The molecule has 0 amide bonds. The molecule has 4 heterocycles. The average molecular weight is 436 g/mol. The molecule has 0 saturated carbocycles. The number of nitrogens with one attached hydrogen (secondary N) is 1. The fourth-order valence-electron chi connectivity index (χ4n) is 4.69. The quantitative estimate of drug-likeness (QED) is 0.630. The van der Waals surface area contributed by atoms with Gasteiger partial charge in [0.25, 0.3) is 0 Å². The van der Waals surface area contributed by atoms with Gasteiger partial charge in [0, 0.05) is 36.3 Å². The van der Waals surface area contributed by atoms with Gasteiger partial charge in [-0.25, -0.2) is 9.37 Å². The number of rotatable bonds is 5. The third-order valence-corrected chi connectivity index (χ3v) is 6.50. The van der Waals surface area contributed by atoms with Crippen LogP contribution in [0.1, 0.15) is 19.3 Å². The van der Waals surface area contributed by atoms with Crippen LogP contribution in [0.5, 0.6) is 11.6 Å². The zero-order valence-electron chi connectivity index (χ0n) is 17.9. The summed E-state index contributed by atoms with van der Waals surface area (Å²) in [5.74, 6) is 1.09. The fraction of sp³-hybridized carbons (Fsp3) is 0.391. The number of alkyl halides is 1. The molecular weight excluding hydrogens is 411 g/mol. The summed E-state index contributed by atoms with van der Waals surface area (Å²) in [4.78, 5) is 10.9. The molecule has 0 aliphatic carbocycles. The average Bonchev–Trinajstić information content (AvgIpc) is 3.24. The Morgan fingerprint density at radius 1 is 1.12 bits per heavy atom. The molecule has 32 heavy (non-hydrogen) atoms. The third kappa shape index (κ3) is 3.73. The van der Waals surface area contributed by atoms with Crippen molar-refractivity contribution in [3.8, 4) is 34.0 Å². The Bertz CT molecular complexity index is 1110. The van der Waals surface area contributed by atoms with Crippen molar-refractivity contribution >= 4 is 5.82 Å². The lowest BCUT2D eigenvalue weighted by Crippen LogP contribution is -2.55. The van der Waals surface area contributed by atoms with Gasteiger partial charge in [0.1, 0.15) is 17.7 Å². The molecule has 2 fully saturated rings. The van der Waals surface area contributed by atoms with Gasteiger partial charge in [0.15, 0.2) is 0 Å². The van der Waals surface area contributed by atoms with Gasteiger partial charge in [-0.15, -0.1) is 5.10 Å². The first kappa shape index (κ1) is 20.6. The smallest absolute Gasteiger partial charge is 0.233 e. The van der Waals surface area contributed by atoms with E-state index in [0.29, 0.717) is 29.0 Å². The number of piperidine rings is 1. The van der Waals surface area contributed by atoms with Gasteiger partial charge in [0.05, 0.1) is 37.4 Å². The van der Waals surface area contributed by atoms with E-state index in [9.17, 15) is 9.50 Å². The maximum Gasteiger partial charge on any atom is 0.233 e. The van der Waals surface area contributed by atoms with Crippen molar-refractivity contribution in [1.82, 2.24) is 25.5 Å². The topological polar surface area (TPSA) is 96.3 Å². The first-order chi connectivity index (χ1) is 15.5. The number of aromatic hydroxyl groups is 1. The number of hydrogen-bond acceptors (Lipinski definition) is 8. The molecule has 0 radical (unpaired) electrons. The minimum atomic E-state index is -0.932. The largest absolute Gasteiger partial charge is 0.507 e. The van der Waals surface area contributed by atoms with Crippen molar-refractivity contribution < 1.29 is 14.2 Å². The van der Waals surface area contributed by atoms with E-state index in [2.05, 4.69) is 25.5 Å².